The summed E-state index contributed by atoms with van der Waals surface area (Å²) in [5, 5.41) is 8.28. The molecular weight excluding hydrogens is 835 g/mol. The van der Waals surface area contributed by atoms with Gasteiger partial charge in [-0.3, -0.25) is 48.8 Å². The molecule has 18 heteroatoms. The van der Waals surface area contributed by atoms with Gasteiger partial charge in [0, 0.05) is 89.1 Å². The Morgan fingerprint density at radius 3 is 2.34 bits per heavy atom. The Balaban J connectivity index is 0.711. The van der Waals surface area contributed by atoms with Gasteiger partial charge in [0.15, 0.2) is 0 Å². The quantitative estimate of drug-likeness (QED) is 0.0848. The van der Waals surface area contributed by atoms with E-state index in [1.807, 2.05) is 34.1 Å². The molecule has 7 rings (SSSR count). The second kappa shape index (κ2) is 22.9. The number of ether oxygens (including phenoxy) is 2. The lowest BCUT2D eigenvalue weighted by Gasteiger charge is -2.35. The number of imide groups is 2. The van der Waals surface area contributed by atoms with Crippen LogP contribution in [0.3, 0.4) is 0 Å². The molecule has 3 N–H and O–H groups in total. The fourth-order valence-electron chi connectivity index (χ4n) is 8.53. The average molecular weight is 892 g/mol. The van der Waals surface area contributed by atoms with Gasteiger partial charge in [-0.15, -0.1) is 0 Å². The van der Waals surface area contributed by atoms with E-state index in [4.69, 9.17) is 9.47 Å². The highest BCUT2D eigenvalue weighted by Gasteiger charge is 2.45. The minimum absolute atomic E-state index is 0.00205. The monoisotopic (exact) mass is 891 g/mol. The number of unbranched alkanes of at least 4 members (excludes halogenated alkanes) is 1. The Kier molecular flexibility index (Phi) is 16.4. The molecule has 3 aromatic rings. The van der Waals surface area contributed by atoms with Crippen molar-refractivity contribution in [2.45, 2.75) is 57.4 Å². The van der Waals surface area contributed by atoms with Crippen LogP contribution in [-0.2, 0) is 28.7 Å². The summed E-state index contributed by atoms with van der Waals surface area (Å²) in [5.41, 5.74) is 2.30. The summed E-state index contributed by atoms with van der Waals surface area (Å²) in [6.45, 7) is 5.97. The summed E-state index contributed by atoms with van der Waals surface area (Å²) in [7, 11) is 0. The van der Waals surface area contributed by atoms with Crippen molar-refractivity contribution >= 4 is 58.9 Å². The van der Waals surface area contributed by atoms with Gasteiger partial charge in [0.1, 0.15) is 11.9 Å². The van der Waals surface area contributed by atoms with Crippen LogP contribution in [-0.4, -0.2) is 151 Å². The predicted octanol–water partition coefficient (Wildman–Crippen LogP) is 2.91. The Bertz CT molecular complexity index is 2210. The molecule has 18 nitrogen and oxygen atoms in total. The molecule has 3 fully saturated rings. The lowest BCUT2D eigenvalue weighted by molar-refractivity contribution is -0.136. The van der Waals surface area contributed by atoms with Gasteiger partial charge in [-0.1, -0.05) is 25.0 Å². The molecule has 6 heterocycles. The predicted molar refractivity (Wildman–Crippen MR) is 240 cm³/mol. The first-order chi connectivity index (χ1) is 31.7. The number of nitrogens with one attached hydrogen (secondary N) is 3. The van der Waals surface area contributed by atoms with E-state index in [2.05, 4.69) is 30.8 Å². The maximum absolute atomic E-state index is 13.3. The molecule has 1 unspecified atom stereocenters. The summed E-state index contributed by atoms with van der Waals surface area (Å²) in [5.74, 6) is -0.976. The SMILES string of the molecule is O=C(/C=C/c1cccnc1)NCCCCC1CCN(C(=O)c2ccc(N3CCN(C(=O)CCOCCOCCNc4cccc5c4C(=O)N(C4CCC(=O)NC4=O)C5=O)CC3)nc2)CC1. The number of fused-ring (bicyclic) bond motifs is 1. The van der Waals surface area contributed by atoms with Crippen LogP contribution < -0.4 is 20.9 Å². The largest absolute Gasteiger partial charge is 0.382 e. The summed E-state index contributed by atoms with van der Waals surface area (Å²) < 4.78 is 11.3. The lowest BCUT2D eigenvalue weighted by atomic mass is 9.91. The highest BCUT2D eigenvalue weighted by Crippen LogP contribution is 2.32. The van der Waals surface area contributed by atoms with Crippen molar-refractivity contribution in [1.82, 2.24) is 35.3 Å². The minimum atomic E-state index is -1.03. The Labute approximate surface area is 378 Å². The number of hydrogen-bond acceptors (Lipinski definition) is 13. The first-order valence-corrected chi connectivity index (χ1v) is 22.5. The van der Waals surface area contributed by atoms with Gasteiger partial charge in [-0.05, 0) is 73.6 Å². The summed E-state index contributed by atoms with van der Waals surface area (Å²) in [6, 6.07) is 11.3. The zero-order valence-electron chi connectivity index (χ0n) is 36.6. The van der Waals surface area contributed by atoms with Crippen molar-refractivity contribution in [2.24, 2.45) is 5.92 Å². The van der Waals surface area contributed by atoms with Gasteiger partial charge in [0.05, 0.1) is 49.5 Å². The third kappa shape index (κ3) is 12.4. The molecule has 0 bridgehead atoms. The average Bonchev–Trinajstić information content (AvgIpc) is 3.59. The molecule has 4 aliphatic heterocycles. The smallest absolute Gasteiger partial charge is 0.264 e. The molecule has 65 heavy (non-hydrogen) atoms. The summed E-state index contributed by atoms with van der Waals surface area (Å²) >= 11 is 0. The van der Waals surface area contributed by atoms with E-state index in [9.17, 15) is 33.6 Å². The van der Waals surface area contributed by atoms with E-state index in [-0.39, 0.29) is 54.7 Å². The number of benzene rings is 1. The molecule has 0 aliphatic carbocycles. The number of aromatic nitrogens is 2. The number of rotatable bonds is 20. The maximum atomic E-state index is 13.3. The summed E-state index contributed by atoms with van der Waals surface area (Å²) in [6.07, 6.45) is 13.7. The second-order valence-electron chi connectivity index (χ2n) is 16.5. The Morgan fingerprint density at radius 1 is 0.800 bits per heavy atom. The molecule has 3 saturated heterocycles. The van der Waals surface area contributed by atoms with Crippen molar-refractivity contribution in [3.05, 3.63) is 89.4 Å². The number of carbonyl (C=O) groups is 7. The zero-order chi connectivity index (χ0) is 45.5. The summed E-state index contributed by atoms with van der Waals surface area (Å²) in [4.78, 5) is 104. The van der Waals surface area contributed by atoms with Crippen LogP contribution in [0.25, 0.3) is 6.08 Å². The molecule has 2 aromatic heterocycles. The highest BCUT2D eigenvalue weighted by molar-refractivity contribution is 6.25. The van der Waals surface area contributed by atoms with Crippen molar-refractivity contribution in [2.75, 3.05) is 89.0 Å². The minimum Gasteiger partial charge on any atom is -0.382 e. The third-order valence-electron chi connectivity index (χ3n) is 12.2. The van der Waals surface area contributed by atoms with Crippen molar-refractivity contribution in [3.63, 3.8) is 0 Å². The third-order valence-corrected chi connectivity index (χ3v) is 12.2. The van der Waals surface area contributed by atoms with Crippen LogP contribution in [0.5, 0.6) is 0 Å². The number of anilines is 2. The van der Waals surface area contributed by atoms with E-state index in [0.29, 0.717) is 76.3 Å². The number of piperazine rings is 1. The molecular formula is C47H57N9O9. The highest BCUT2D eigenvalue weighted by atomic mass is 16.5. The Morgan fingerprint density at radius 2 is 1.60 bits per heavy atom. The zero-order valence-corrected chi connectivity index (χ0v) is 36.6. The van der Waals surface area contributed by atoms with Crippen LogP contribution in [0.4, 0.5) is 11.5 Å². The topological polar surface area (TPSA) is 213 Å². The van der Waals surface area contributed by atoms with E-state index >= 15 is 0 Å². The number of pyridine rings is 2. The number of hydrogen-bond donors (Lipinski definition) is 3. The molecule has 344 valence electrons. The second-order valence-corrected chi connectivity index (χ2v) is 16.5. The van der Waals surface area contributed by atoms with E-state index in [1.54, 1.807) is 42.9 Å². The fraction of sp³-hybridized carbons (Fsp3) is 0.468. The van der Waals surface area contributed by atoms with Crippen molar-refractivity contribution in [3.8, 4) is 0 Å². The van der Waals surface area contributed by atoms with E-state index in [1.165, 1.54) is 6.08 Å². The molecule has 0 saturated carbocycles. The van der Waals surface area contributed by atoms with Gasteiger partial charge in [-0.2, -0.15) is 0 Å². The number of likely N-dealkylation sites (tertiary alicyclic amines) is 1. The number of nitrogens with zero attached hydrogens (tertiary/aromatic N) is 6. The molecule has 0 radical (unpaired) electrons. The van der Waals surface area contributed by atoms with Gasteiger partial charge < -0.3 is 34.8 Å². The molecule has 7 amide bonds. The maximum Gasteiger partial charge on any atom is 0.264 e. The van der Waals surface area contributed by atoms with Crippen LogP contribution >= 0.6 is 0 Å². The van der Waals surface area contributed by atoms with Gasteiger partial charge in [0.25, 0.3) is 17.7 Å². The van der Waals surface area contributed by atoms with Crippen LogP contribution in [0.2, 0.25) is 0 Å². The van der Waals surface area contributed by atoms with Gasteiger partial charge in [0.2, 0.25) is 23.6 Å². The normalized spacial score (nSPS) is 18.0. The standard InChI is InChI=1S/C47H57N9O9/c57-40(13-9-34-6-4-18-48-31-34)50-19-2-1-5-33-15-21-55(22-16-33)45(61)35-10-12-39(51-32-35)53-23-25-54(26-24-53)42(59)17-27-64-29-30-65-28-20-49-37-8-3-7-36-43(37)47(63)56(46(36)62)38-11-14-41(58)52-44(38)60/h3-4,6-10,12-13,18,31-33,38,49H,1-2,5,11,14-17,19-30H2,(H,50,57)(H,52,58,60)/b13-9+. The molecule has 1 aromatic carbocycles. The molecule has 4 aliphatic rings. The fourth-order valence-corrected chi connectivity index (χ4v) is 8.53. The Hall–Kier alpha value is -6.53. The number of piperidine rings is 2. The lowest BCUT2D eigenvalue weighted by Crippen LogP contribution is -2.54. The molecule has 0 spiro atoms. The first kappa shape index (κ1) is 46.5. The van der Waals surface area contributed by atoms with Crippen molar-refractivity contribution in [1.29, 1.82) is 0 Å². The van der Waals surface area contributed by atoms with Crippen molar-refractivity contribution < 1.29 is 43.0 Å². The van der Waals surface area contributed by atoms with Crippen LogP contribution in [0.15, 0.2) is 67.1 Å². The first-order valence-electron chi connectivity index (χ1n) is 22.5. The number of carbonyl (C=O) groups excluding carboxylic acids is 7. The van der Waals surface area contributed by atoms with Gasteiger partial charge in [-0.25, -0.2) is 4.98 Å². The van der Waals surface area contributed by atoms with E-state index in [0.717, 1.165) is 61.5 Å². The van der Waals surface area contributed by atoms with Gasteiger partial charge >= 0.3 is 0 Å². The van der Waals surface area contributed by atoms with Crippen LogP contribution in [0.1, 0.15) is 88.0 Å². The molecule has 1 atom stereocenters. The number of amides is 7. The van der Waals surface area contributed by atoms with Crippen LogP contribution in [0, 0.1) is 5.92 Å². The van der Waals surface area contributed by atoms with E-state index < -0.39 is 29.7 Å².